The Morgan fingerprint density at radius 2 is 0.615 bits per heavy atom. The number of benzene rings is 6. The molecular weight excluding hydrogens is 1690 g/mol. The summed E-state index contributed by atoms with van der Waals surface area (Å²) in [7, 11) is 5.82. The van der Waals surface area contributed by atoms with Crippen molar-refractivity contribution in [3.8, 4) is 0 Å². The van der Waals surface area contributed by atoms with Crippen LogP contribution >= 0.6 is 0 Å². The average Bonchev–Trinajstić information content (AvgIpc) is 1.66. The molecule has 6 fully saturated rings. The van der Waals surface area contributed by atoms with Crippen LogP contribution in [-0.2, 0) is 167 Å². The smallest absolute Gasteiger partial charge is 0.256 e. The number of carbonyl (C=O) groups is 6. The SMILES string of the molecule is Cc1cc(NC(=O)c2cn(C)c3ccccc23)[c-]cc1CC(=O)N1C[C@@H](C)C[C@H]1COC1CCC(C)CC1.Cc1cc(NC(=O)c2cn(C)c3ccccc23)[c-]cc1CC(=O)N1C[C@@H](C)C[C@H]1COC1CCC(C)CC1.Cc1cc(NC(=O)c2cn(C)c3ccccc23)[c-]cc1CC(=O)N1C[C@@H](C)C[C@H]1COC1CCC(C)CC1.[Y].[Y].[Y]. The van der Waals surface area contributed by atoms with Crippen LogP contribution < -0.4 is 16.0 Å². The van der Waals surface area contributed by atoms with Gasteiger partial charge in [-0.05, 0) is 150 Å². The molecule has 3 saturated carbocycles. The van der Waals surface area contributed by atoms with Crippen LogP contribution in [-0.4, -0.2) is 140 Å². The molecule has 3 aromatic heterocycles. The Morgan fingerprint density at radius 3 is 0.863 bits per heavy atom. The van der Waals surface area contributed by atoms with Gasteiger partial charge in [-0.1, -0.05) is 134 Å². The molecule has 6 heterocycles. The minimum Gasteiger partial charge on any atom is -0.376 e. The Hall–Kier alpha value is -6.05. The van der Waals surface area contributed by atoms with Crippen molar-refractivity contribution in [1.29, 1.82) is 0 Å². The topological polar surface area (TPSA) is 191 Å². The zero-order valence-corrected chi connectivity index (χ0v) is 79.6. The second-order valence-electron chi connectivity index (χ2n) is 34.8. The van der Waals surface area contributed by atoms with Gasteiger partial charge in [0.25, 0.3) is 17.7 Å². The fraction of sp³-hybridized carbons (Fsp3) is 0.500. The number of amides is 6. The maximum Gasteiger partial charge on any atom is 0.256 e. The molecule has 0 spiro atoms. The summed E-state index contributed by atoms with van der Waals surface area (Å²) in [6.07, 6.45) is 24.8. The van der Waals surface area contributed by atoms with Crippen molar-refractivity contribution in [2.75, 3.05) is 55.4 Å². The van der Waals surface area contributed by atoms with E-state index in [1.165, 1.54) is 38.5 Å². The van der Waals surface area contributed by atoms with E-state index in [1.807, 2.05) is 198 Å². The van der Waals surface area contributed by atoms with E-state index in [1.54, 1.807) is 0 Å². The first kappa shape index (κ1) is 93.2. The molecule has 6 amide bonds. The normalized spacial score (nSPS) is 23.0. The van der Waals surface area contributed by atoms with E-state index in [9.17, 15) is 28.8 Å². The quantitative estimate of drug-likeness (QED) is 0.0588. The summed E-state index contributed by atoms with van der Waals surface area (Å²) in [5.74, 6) is 3.80. The van der Waals surface area contributed by atoms with E-state index in [0.717, 1.165) is 161 Å². The van der Waals surface area contributed by atoms with Crippen molar-refractivity contribution in [3.63, 3.8) is 0 Å². The summed E-state index contributed by atoms with van der Waals surface area (Å²) in [6.45, 7) is 23.9. The van der Waals surface area contributed by atoms with Crippen molar-refractivity contribution in [3.05, 3.63) is 196 Å². The molecule has 3 radical (unpaired) electrons. The van der Waals surface area contributed by atoms with Gasteiger partial charge in [0.2, 0.25) is 17.7 Å². The standard InChI is InChI=1S/3C32H40N3O3.3Y/c3*1-21-9-13-27(14-10-21)38-20-26-15-22(2)18-35(26)31(36)17-24-11-12-25(16-23(24)3)33-32(37)29-19-34(4)30-8-6-5-7-28(29)30;;;/h3*5-8,11,16,19,21-22,26-27H,9-10,13-15,17-18,20H2,1-4H3,(H,33,37);;;/q3*-1;;;/t3*21?,22-,26-,27?;;;/m000.../s1. The molecule has 3 saturated heterocycles. The third-order valence-corrected chi connectivity index (χ3v) is 25.3. The van der Waals surface area contributed by atoms with Gasteiger partial charge in [0.15, 0.2) is 0 Å². The number of aromatic nitrogens is 3. The molecule has 6 aliphatic rings. The number of carbonyl (C=O) groups excluding carboxylic acids is 6. The largest absolute Gasteiger partial charge is 0.376 e. The average molecular weight is 1810 g/mol. The van der Waals surface area contributed by atoms with Crippen molar-refractivity contribution in [1.82, 2.24) is 28.4 Å². The van der Waals surface area contributed by atoms with Crippen molar-refractivity contribution < 1.29 is 141 Å². The monoisotopic (exact) mass is 1810 g/mol. The molecule has 0 unspecified atom stereocenters. The number of para-hydroxylation sites is 3. The summed E-state index contributed by atoms with van der Waals surface area (Å²) < 4.78 is 24.8. The van der Waals surface area contributed by atoms with E-state index in [0.29, 0.717) is 109 Å². The van der Waals surface area contributed by atoms with Gasteiger partial charge in [-0.3, -0.25) is 28.8 Å². The summed E-state index contributed by atoms with van der Waals surface area (Å²) in [5.41, 5.74) is 12.5. The van der Waals surface area contributed by atoms with E-state index < -0.39 is 0 Å². The van der Waals surface area contributed by atoms with Gasteiger partial charge in [-0.25, -0.2) is 0 Å². The number of ether oxygens (including phenoxy) is 3. The number of aryl methyl sites for hydroxylation is 6. The number of anilines is 3. The molecule has 0 bridgehead atoms. The fourth-order valence-electron chi connectivity index (χ4n) is 18.4. The summed E-state index contributed by atoms with van der Waals surface area (Å²) in [5, 5.41) is 11.7. The Bertz CT molecular complexity index is 4410. The number of hydrogen-bond acceptors (Lipinski definition) is 9. The van der Waals surface area contributed by atoms with Gasteiger partial charge in [0.1, 0.15) is 0 Å². The third-order valence-electron chi connectivity index (χ3n) is 25.3. The molecule has 3 N–H and O–H groups in total. The number of hydrogen-bond donors (Lipinski definition) is 3. The summed E-state index contributed by atoms with van der Waals surface area (Å²) in [4.78, 5) is 85.3. The van der Waals surface area contributed by atoms with Crippen LogP contribution in [0, 0.1) is 74.5 Å². The number of nitrogens with zero attached hydrogens (tertiary/aromatic N) is 6. The number of nitrogens with one attached hydrogen (secondary N) is 3. The summed E-state index contributed by atoms with van der Waals surface area (Å²) in [6, 6.07) is 44.9. The number of rotatable bonds is 21. The van der Waals surface area contributed by atoms with E-state index in [4.69, 9.17) is 14.2 Å². The third kappa shape index (κ3) is 24.0. The molecule has 9 aromatic rings. The van der Waals surface area contributed by atoms with Gasteiger partial charge in [0, 0.05) is 209 Å². The zero-order valence-electron chi connectivity index (χ0n) is 71.1. The van der Waals surface area contributed by atoms with Gasteiger partial charge < -0.3 is 58.6 Å². The van der Waals surface area contributed by atoms with Gasteiger partial charge in [-0.2, -0.15) is 53.1 Å². The minimum absolute atomic E-state index is 0. The van der Waals surface area contributed by atoms with Crippen molar-refractivity contribution >= 4 is 85.2 Å². The molecule has 6 atom stereocenters. The van der Waals surface area contributed by atoms with Gasteiger partial charge >= 0.3 is 0 Å². The molecule has 3 aliphatic carbocycles. The molecule has 21 heteroatoms. The Kier molecular flexibility index (Phi) is 34.4. The van der Waals surface area contributed by atoms with Crippen LogP contribution in [0.3, 0.4) is 0 Å². The molecule has 117 heavy (non-hydrogen) atoms. The zero-order chi connectivity index (χ0) is 80.4. The Morgan fingerprint density at radius 1 is 0.368 bits per heavy atom. The minimum atomic E-state index is -0.164. The Balaban J connectivity index is 0.000000183. The van der Waals surface area contributed by atoms with Crippen LogP contribution in [0.25, 0.3) is 32.7 Å². The first-order chi connectivity index (χ1) is 54.8. The molecule has 18 nitrogen and oxygen atoms in total. The van der Waals surface area contributed by atoms with Crippen molar-refractivity contribution in [2.45, 2.75) is 214 Å². The van der Waals surface area contributed by atoms with E-state index in [2.05, 4.69) is 75.7 Å². The number of likely N-dealkylation sites (tertiary alicyclic amines) is 3. The first-order valence-electron chi connectivity index (χ1n) is 42.2. The maximum absolute atomic E-state index is 13.4. The predicted octanol–water partition coefficient (Wildman–Crippen LogP) is 17.7. The predicted molar refractivity (Wildman–Crippen MR) is 454 cm³/mol. The van der Waals surface area contributed by atoms with Crippen LogP contribution in [0.4, 0.5) is 17.1 Å². The summed E-state index contributed by atoms with van der Waals surface area (Å²) >= 11 is 0. The first-order valence-corrected chi connectivity index (χ1v) is 42.2. The van der Waals surface area contributed by atoms with Gasteiger partial charge in [0.05, 0.1) is 72.9 Å². The molecule has 3 aliphatic heterocycles. The molecule has 615 valence electrons. The maximum atomic E-state index is 13.4. The van der Waals surface area contributed by atoms with Crippen molar-refractivity contribution in [2.24, 2.45) is 56.7 Å². The second kappa shape index (κ2) is 43.1. The Labute approximate surface area is 769 Å². The van der Waals surface area contributed by atoms with Gasteiger partial charge in [-0.15, -0.1) is 34.9 Å². The van der Waals surface area contributed by atoms with Crippen LogP contribution in [0.2, 0.25) is 0 Å². The molecular formula is C96H120N9O9Y3-3. The van der Waals surface area contributed by atoms with E-state index in [-0.39, 0.29) is 152 Å². The van der Waals surface area contributed by atoms with Crippen LogP contribution in [0.1, 0.15) is 202 Å². The fourth-order valence-corrected chi connectivity index (χ4v) is 18.4. The van der Waals surface area contributed by atoms with Crippen LogP contribution in [0.15, 0.2) is 128 Å². The van der Waals surface area contributed by atoms with Crippen LogP contribution in [0.5, 0.6) is 0 Å². The van der Waals surface area contributed by atoms with E-state index >= 15 is 0 Å². The second-order valence-corrected chi connectivity index (χ2v) is 34.8. The molecule has 15 rings (SSSR count). The number of fused-ring (bicyclic) bond motifs is 3. The molecule has 6 aromatic carbocycles.